The maximum Gasteiger partial charge on any atom is 0.416 e. The molecule has 2 aromatic heterocycles. The third kappa shape index (κ3) is 5.41. The van der Waals surface area contributed by atoms with E-state index in [0.717, 1.165) is 29.7 Å². The van der Waals surface area contributed by atoms with E-state index >= 15 is 0 Å². The Morgan fingerprint density at radius 2 is 1.85 bits per heavy atom. The molecule has 34 heavy (non-hydrogen) atoms. The summed E-state index contributed by atoms with van der Waals surface area (Å²) in [5.74, 6) is -0.707. The summed E-state index contributed by atoms with van der Waals surface area (Å²) in [5.41, 5.74) is -1.28. The highest BCUT2D eigenvalue weighted by atomic mass is 32.2. The summed E-state index contributed by atoms with van der Waals surface area (Å²) >= 11 is 1.00. The zero-order valence-corrected chi connectivity index (χ0v) is 20.5. The lowest BCUT2D eigenvalue weighted by molar-refractivity contribution is -0.137. The molecule has 0 aliphatic heterocycles. The number of sulfone groups is 1. The molecule has 0 fully saturated rings. The van der Waals surface area contributed by atoms with Crippen LogP contribution < -0.4 is 10.7 Å². The third-order valence-corrected chi connectivity index (χ3v) is 8.10. The number of carbonyl (C=O) groups excluding carboxylic acids is 1. The lowest BCUT2D eigenvalue weighted by atomic mass is 9.98. The van der Waals surface area contributed by atoms with Gasteiger partial charge in [0.1, 0.15) is 9.77 Å². The molecule has 0 unspecified atom stereocenters. The molecule has 1 N–H and O–H groups in total. The Balaban J connectivity index is 2.03. The van der Waals surface area contributed by atoms with Crippen LogP contribution in [0.15, 0.2) is 51.6 Å². The van der Waals surface area contributed by atoms with Gasteiger partial charge in [-0.2, -0.15) is 13.2 Å². The molecule has 0 spiro atoms. The van der Waals surface area contributed by atoms with Crippen LogP contribution >= 0.6 is 11.3 Å². The second kappa shape index (κ2) is 9.38. The van der Waals surface area contributed by atoms with E-state index in [0.29, 0.717) is 10.6 Å². The van der Waals surface area contributed by atoms with E-state index in [-0.39, 0.29) is 33.5 Å². The average molecular weight is 513 g/mol. The minimum Gasteiger partial charge on any atom is -0.348 e. The van der Waals surface area contributed by atoms with Crippen LogP contribution in [0, 0.1) is 6.92 Å². The zero-order chi connectivity index (χ0) is 25.4. The highest BCUT2D eigenvalue weighted by Crippen LogP contribution is 2.32. The number of benzene rings is 1. The van der Waals surface area contributed by atoms with E-state index in [2.05, 4.69) is 5.32 Å². The molecule has 1 aromatic carbocycles. The van der Waals surface area contributed by atoms with Gasteiger partial charge in [0, 0.05) is 34.6 Å². The number of rotatable bonds is 6. The molecular formula is C23H23F3N2O4S2. The predicted molar refractivity (Wildman–Crippen MR) is 125 cm³/mol. The highest BCUT2D eigenvalue weighted by molar-refractivity contribution is 7.92. The molecule has 2 heterocycles. The number of halogens is 3. The Bertz CT molecular complexity index is 1400. The van der Waals surface area contributed by atoms with Gasteiger partial charge in [-0.05, 0) is 50.6 Å². The second-order valence-electron chi connectivity index (χ2n) is 8.09. The quantitative estimate of drug-likeness (QED) is 0.513. The van der Waals surface area contributed by atoms with Crippen molar-refractivity contribution in [3.8, 4) is 11.1 Å². The van der Waals surface area contributed by atoms with Gasteiger partial charge >= 0.3 is 6.18 Å². The Labute approximate surface area is 199 Å². The van der Waals surface area contributed by atoms with E-state index in [1.54, 1.807) is 17.6 Å². The highest BCUT2D eigenvalue weighted by Gasteiger charge is 2.31. The standard InChI is InChI=1S/C23H23F3N2O4S2/c1-13(2)28-12-18(22(30)27-11-17-8-9-19(33-17)34(4,31)32)21(29)20(14(28)3)15-6-5-7-16(10-15)23(24,25)26/h5-10,12-13H,11H2,1-4H3,(H,27,30). The number of pyridine rings is 1. The van der Waals surface area contributed by atoms with E-state index in [4.69, 9.17) is 0 Å². The molecule has 0 aliphatic rings. The average Bonchev–Trinajstić information content (AvgIpc) is 3.21. The molecule has 0 bridgehead atoms. The van der Waals surface area contributed by atoms with Crippen LogP contribution in [0.25, 0.3) is 11.1 Å². The first-order valence-electron chi connectivity index (χ1n) is 10.2. The van der Waals surface area contributed by atoms with Crippen LogP contribution in [-0.4, -0.2) is 25.1 Å². The normalized spacial score (nSPS) is 12.2. The van der Waals surface area contributed by atoms with Gasteiger partial charge in [0.2, 0.25) is 5.43 Å². The molecule has 0 aliphatic carbocycles. The summed E-state index contributed by atoms with van der Waals surface area (Å²) in [7, 11) is -3.38. The Kier molecular flexibility index (Phi) is 7.09. The molecule has 3 aromatic rings. The maximum absolute atomic E-state index is 13.3. The summed E-state index contributed by atoms with van der Waals surface area (Å²) in [5, 5.41) is 2.60. The minimum atomic E-state index is -4.58. The van der Waals surface area contributed by atoms with Gasteiger partial charge in [-0.15, -0.1) is 11.3 Å². The number of hydrogen-bond acceptors (Lipinski definition) is 5. The fraction of sp³-hybridized carbons (Fsp3) is 0.304. The number of alkyl halides is 3. The van der Waals surface area contributed by atoms with Crippen molar-refractivity contribution < 1.29 is 26.4 Å². The summed E-state index contributed by atoms with van der Waals surface area (Å²) < 4.78 is 64.9. The van der Waals surface area contributed by atoms with Gasteiger partial charge in [-0.1, -0.05) is 12.1 Å². The first-order valence-corrected chi connectivity index (χ1v) is 12.9. The van der Waals surface area contributed by atoms with Gasteiger partial charge < -0.3 is 9.88 Å². The number of carbonyl (C=O) groups is 1. The van der Waals surface area contributed by atoms with Gasteiger partial charge in [-0.3, -0.25) is 9.59 Å². The van der Waals surface area contributed by atoms with Crippen molar-refractivity contribution in [1.82, 2.24) is 9.88 Å². The Hall–Kier alpha value is -2.92. The first-order chi connectivity index (χ1) is 15.7. The van der Waals surface area contributed by atoms with Crippen LogP contribution in [0.5, 0.6) is 0 Å². The van der Waals surface area contributed by atoms with Gasteiger partial charge in [-0.25, -0.2) is 8.42 Å². The van der Waals surface area contributed by atoms with Crippen molar-refractivity contribution in [2.45, 2.75) is 43.7 Å². The topological polar surface area (TPSA) is 85.2 Å². The van der Waals surface area contributed by atoms with Gasteiger partial charge in [0.05, 0.1) is 12.1 Å². The number of aromatic nitrogens is 1. The molecule has 182 valence electrons. The number of nitrogens with zero attached hydrogens (tertiary/aromatic N) is 1. The maximum atomic E-state index is 13.3. The number of nitrogens with one attached hydrogen (secondary N) is 1. The van der Waals surface area contributed by atoms with Crippen LogP contribution in [0.2, 0.25) is 0 Å². The predicted octanol–water partition coefficient (Wildman–Crippen LogP) is 4.82. The molecule has 0 radical (unpaired) electrons. The number of hydrogen-bond donors (Lipinski definition) is 1. The Morgan fingerprint density at radius 1 is 1.18 bits per heavy atom. The van der Waals surface area contributed by atoms with E-state index in [1.165, 1.54) is 24.4 Å². The largest absolute Gasteiger partial charge is 0.416 e. The fourth-order valence-corrected chi connectivity index (χ4v) is 5.44. The van der Waals surface area contributed by atoms with Crippen molar-refractivity contribution in [2.75, 3.05) is 6.26 Å². The molecule has 0 saturated heterocycles. The Morgan fingerprint density at radius 3 is 2.41 bits per heavy atom. The molecule has 3 rings (SSSR count). The van der Waals surface area contributed by atoms with Crippen molar-refractivity contribution in [2.24, 2.45) is 0 Å². The number of thiophene rings is 1. The smallest absolute Gasteiger partial charge is 0.348 e. The zero-order valence-electron chi connectivity index (χ0n) is 18.9. The summed E-state index contributed by atoms with van der Waals surface area (Å²) in [6, 6.07) is 7.27. The second-order valence-corrected chi connectivity index (χ2v) is 11.5. The fourth-order valence-electron chi connectivity index (χ4n) is 3.53. The van der Waals surface area contributed by atoms with Gasteiger partial charge in [0.25, 0.3) is 5.91 Å². The van der Waals surface area contributed by atoms with Crippen LogP contribution in [0.1, 0.15) is 46.4 Å². The minimum absolute atomic E-state index is 0.00704. The molecule has 0 atom stereocenters. The van der Waals surface area contributed by atoms with E-state index < -0.39 is 32.9 Å². The lowest BCUT2D eigenvalue weighted by Crippen LogP contribution is -2.31. The monoisotopic (exact) mass is 512 g/mol. The first kappa shape index (κ1) is 25.7. The third-order valence-electron chi connectivity index (χ3n) is 5.19. The molecule has 0 saturated carbocycles. The van der Waals surface area contributed by atoms with Crippen molar-refractivity contribution in [1.29, 1.82) is 0 Å². The van der Waals surface area contributed by atoms with Crippen molar-refractivity contribution in [3.05, 3.63) is 74.5 Å². The van der Waals surface area contributed by atoms with Crippen LogP contribution in [0.3, 0.4) is 0 Å². The summed E-state index contributed by atoms with van der Waals surface area (Å²) in [6.45, 7) is 5.27. The summed E-state index contributed by atoms with van der Waals surface area (Å²) in [6.07, 6.45) is -2.11. The van der Waals surface area contributed by atoms with Gasteiger partial charge in [0.15, 0.2) is 9.84 Å². The summed E-state index contributed by atoms with van der Waals surface area (Å²) in [4.78, 5) is 26.8. The van der Waals surface area contributed by atoms with Crippen molar-refractivity contribution in [3.63, 3.8) is 0 Å². The van der Waals surface area contributed by atoms with Crippen molar-refractivity contribution >= 4 is 27.1 Å². The van der Waals surface area contributed by atoms with Crippen LogP contribution in [0.4, 0.5) is 13.2 Å². The SMILES string of the molecule is Cc1c(-c2cccc(C(F)(F)F)c2)c(=O)c(C(=O)NCc2ccc(S(C)(=O)=O)s2)cn1C(C)C. The van der Waals surface area contributed by atoms with Crippen LogP contribution in [-0.2, 0) is 22.6 Å². The molecular weight excluding hydrogens is 489 g/mol. The van der Waals surface area contributed by atoms with E-state index in [9.17, 15) is 31.2 Å². The van der Waals surface area contributed by atoms with E-state index in [1.807, 2.05) is 13.8 Å². The lowest BCUT2D eigenvalue weighted by Gasteiger charge is -2.20. The molecule has 11 heteroatoms. The molecule has 6 nitrogen and oxygen atoms in total. The molecule has 1 amide bonds. The number of amides is 1.